The number of aromatic hydroxyl groups is 1. The summed E-state index contributed by atoms with van der Waals surface area (Å²) in [6.07, 6.45) is 0. The number of hydrogen-bond acceptors (Lipinski definition) is 5. The lowest BCUT2D eigenvalue weighted by Gasteiger charge is -2.29. The maximum Gasteiger partial charge on any atom is 0.336 e. The fourth-order valence-electron chi connectivity index (χ4n) is 3.79. The van der Waals surface area contributed by atoms with E-state index in [9.17, 15) is 14.7 Å². The number of hydrogen-bond donors (Lipinski definition) is 2. The Morgan fingerprint density at radius 2 is 1.93 bits per heavy atom. The van der Waals surface area contributed by atoms with Gasteiger partial charge < -0.3 is 15.2 Å². The summed E-state index contributed by atoms with van der Waals surface area (Å²) in [5.74, 6) is -1.09. The number of methoxy groups -OCH3 is 1. The van der Waals surface area contributed by atoms with Crippen LogP contribution in [0.15, 0.2) is 57.7 Å². The lowest BCUT2D eigenvalue weighted by molar-refractivity contribution is -0.136. The van der Waals surface area contributed by atoms with E-state index >= 15 is 0 Å². The van der Waals surface area contributed by atoms with Gasteiger partial charge in [0.15, 0.2) is 5.78 Å². The van der Waals surface area contributed by atoms with E-state index in [-0.39, 0.29) is 11.5 Å². The number of phenols is 1. The quantitative estimate of drug-likeness (QED) is 0.424. The Kier molecular flexibility index (Phi) is 4.83. The Morgan fingerprint density at radius 1 is 1.25 bits per heavy atom. The molecular formula is C21H15BrINO4. The van der Waals surface area contributed by atoms with Crippen molar-refractivity contribution in [1.29, 1.82) is 0 Å². The van der Waals surface area contributed by atoms with Crippen molar-refractivity contribution in [2.75, 3.05) is 7.11 Å². The maximum atomic E-state index is 13.3. The number of ether oxygens (including phenoxy) is 1. The highest BCUT2D eigenvalue weighted by Gasteiger charge is 2.43. The van der Waals surface area contributed by atoms with Crippen LogP contribution in [0.1, 0.15) is 34.3 Å². The van der Waals surface area contributed by atoms with Crippen LogP contribution in [0, 0.1) is 3.57 Å². The second-order valence-corrected chi connectivity index (χ2v) is 8.60. The number of Topliss-reactive ketones (excluding diaryl/α,β-unsaturated/α-hetero) is 1. The lowest BCUT2D eigenvalue weighted by Crippen LogP contribution is -2.29. The zero-order valence-corrected chi connectivity index (χ0v) is 18.7. The van der Waals surface area contributed by atoms with Crippen LogP contribution in [0.5, 0.6) is 5.75 Å². The average molecular weight is 552 g/mol. The van der Waals surface area contributed by atoms with Gasteiger partial charge in [0.25, 0.3) is 0 Å². The summed E-state index contributed by atoms with van der Waals surface area (Å²) in [7, 11) is 1.32. The maximum absolute atomic E-state index is 13.3. The van der Waals surface area contributed by atoms with Gasteiger partial charge in [0, 0.05) is 28.3 Å². The highest BCUT2D eigenvalue weighted by atomic mass is 127. The fraction of sp³-hybridized carbons (Fsp3) is 0.143. The summed E-state index contributed by atoms with van der Waals surface area (Å²) in [6, 6.07) is 10.9. The molecule has 2 aromatic rings. The van der Waals surface area contributed by atoms with Crippen LogP contribution in [0.4, 0.5) is 0 Å². The van der Waals surface area contributed by atoms with Crippen molar-refractivity contribution in [3.63, 3.8) is 0 Å². The third-order valence-corrected chi connectivity index (χ3v) is 6.45. The number of esters is 1. The Balaban J connectivity index is 1.99. The average Bonchev–Trinajstić information content (AvgIpc) is 2.96. The van der Waals surface area contributed by atoms with Crippen molar-refractivity contribution in [3.8, 4) is 5.75 Å². The Hall–Kier alpha value is -2.13. The van der Waals surface area contributed by atoms with E-state index < -0.39 is 11.9 Å². The predicted octanol–water partition coefficient (Wildman–Crippen LogP) is 4.50. The summed E-state index contributed by atoms with van der Waals surface area (Å²) in [6.45, 7) is 1.80. The second kappa shape index (κ2) is 7.04. The van der Waals surface area contributed by atoms with Crippen molar-refractivity contribution in [2.24, 2.45) is 0 Å². The molecule has 1 aliphatic heterocycles. The molecule has 0 amide bonds. The molecule has 1 atom stereocenters. The molecule has 1 heterocycles. The highest BCUT2D eigenvalue weighted by Crippen LogP contribution is 2.48. The van der Waals surface area contributed by atoms with Crippen LogP contribution in [-0.2, 0) is 9.53 Å². The molecule has 142 valence electrons. The first-order chi connectivity index (χ1) is 13.3. The van der Waals surface area contributed by atoms with Crippen LogP contribution < -0.4 is 5.32 Å². The SMILES string of the molecule is COC(=O)C1=C(C)NC2=C(C(=O)c3ccccc32)[C@H]1c1cc(Br)c(O)c(I)c1. The summed E-state index contributed by atoms with van der Waals surface area (Å²) < 4.78 is 6.14. The van der Waals surface area contributed by atoms with Gasteiger partial charge in [-0.25, -0.2) is 4.79 Å². The molecular weight excluding hydrogens is 537 g/mol. The fourth-order valence-corrected chi connectivity index (χ4v) is 5.29. The first-order valence-corrected chi connectivity index (χ1v) is 10.3. The van der Waals surface area contributed by atoms with Crippen LogP contribution in [0.25, 0.3) is 5.70 Å². The number of carbonyl (C=O) groups excluding carboxylic acids is 2. The van der Waals surface area contributed by atoms with Crippen molar-refractivity contribution in [3.05, 3.63) is 78.0 Å². The van der Waals surface area contributed by atoms with E-state index in [0.717, 1.165) is 16.8 Å². The van der Waals surface area contributed by atoms with Crippen molar-refractivity contribution >= 4 is 56.0 Å². The van der Waals surface area contributed by atoms with Crippen LogP contribution in [-0.4, -0.2) is 24.0 Å². The van der Waals surface area contributed by atoms with E-state index in [1.54, 1.807) is 25.1 Å². The predicted molar refractivity (Wildman–Crippen MR) is 117 cm³/mol. The number of carbonyl (C=O) groups is 2. The molecule has 0 aromatic heterocycles. The molecule has 5 nitrogen and oxygen atoms in total. The summed E-state index contributed by atoms with van der Waals surface area (Å²) in [4.78, 5) is 25.9. The van der Waals surface area contributed by atoms with Crippen LogP contribution in [0.3, 0.4) is 0 Å². The zero-order valence-electron chi connectivity index (χ0n) is 15.0. The van der Waals surface area contributed by atoms with Gasteiger partial charge in [-0.3, -0.25) is 4.79 Å². The molecule has 0 spiro atoms. The van der Waals surface area contributed by atoms with E-state index in [1.807, 2.05) is 40.8 Å². The molecule has 0 unspecified atom stereocenters. The molecule has 0 radical (unpaired) electrons. The van der Waals surface area contributed by atoms with Gasteiger partial charge in [0.05, 0.1) is 26.4 Å². The molecule has 0 bridgehead atoms. The van der Waals surface area contributed by atoms with E-state index in [4.69, 9.17) is 4.74 Å². The lowest BCUT2D eigenvalue weighted by atomic mass is 9.80. The van der Waals surface area contributed by atoms with Crippen molar-refractivity contribution < 1.29 is 19.4 Å². The first kappa shape index (κ1) is 19.2. The number of allylic oxidation sites excluding steroid dienone is 2. The summed E-state index contributed by atoms with van der Waals surface area (Å²) >= 11 is 5.39. The molecule has 0 saturated heterocycles. The number of fused-ring (bicyclic) bond motifs is 2. The number of phenolic OH excluding ortho intramolecular Hbond substituents is 1. The Bertz CT molecular complexity index is 1100. The van der Waals surface area contributed by atoms with Crippen molar-refractivity contribution in [2.45, 2.75) is 12.8 Å². The molecule has 28 heavy (non-hydrogen) atoms. The number of nitrogens with one attached hydrogen (secondary N) is 1. The zero-order chi connectivity index (χ0) is 20.2. The standard InChI is InChI=1S/C21H15BrINO4/c1-9-15(21(27)28-2)16(10-7-13(22)20(26)14(23)8-10)17-18(24-9)11-5-3-4-6-12(11)19(17)25/h3-8,16,24,26H,1-2H3/t16-/m0/s1. The molecule has 0 saturated carbocycles. The largest absolute Gasteiger partial charge is 0.506 e. The third kappa shape index (κ3) is 2.79. The van der Waals surface area contributed by atoms with Gasteiger partial charge in [-0.1, -0.05) is 24.3 Å². The third-order valence-electron chi connectivity index (χ3n) is 5.03. The molecule has 7 heteroatoms. The van der Waals surface area contributed by atoms with Crippen LogP contribution in [0.2, 0.25) is 0 Å². The van der Waals surface area contributed by atoms with E-state index in [1.165, 1.54) is 7.11 Å². The number of halogens is 2. The minimum absolute atomic E-state index is 0.115. The molecule has 4 rings (SSSR count). The van der Waals surface area contributed by atoms with E-state index in [0.29, 0.717) is 30.4 Å². The van der Waals surface area contributed by atoms with E-state index in [2.05, 4.69) is 21.2 Å². The smallest absolute Gasteiger partial charge is 0.336 e. The molecule has 1 aliphatic carbocycles. The van der Waals surface area contributed by atoms with Gasteiger partial charge in [-0.05, 0) is 63.1 Å². The topological polar surface area (TPSA) is 75.6 Å². The van der Waals surface area contributed by atoms with Gasteiger partial charge in [0.2, 0.25) is 0 Å². The van der Waals surface area contributed by atoms with Crippen molar-refractivity contribution in [1.82, 2.24) is 5.32 Å². The summed E-state index contributed by atoms with van der Waals surface area (Å²) in [5.41, 5.74) is 4.41. The number of ketones is 1. The Morgan fingerprint density at radius 3 is 2.57 bits per heavy atom. The van der Waals surface area contributed by atoms with Gasteiger partial charge in [-0.15, -0.1) is 0 Å². The number of dihydropyridines is 1. The van der Waals surface area contributed by atoms with Crippen LogP contribution >= 0.6 is 38.5 Å². The first-order valence-electron chi connectivity index (χ1n) is 8.47. The van der Waals surface area contributed by atoms with Gasteiger partial charge >= 0.3 is 5.97 Å². The van der Waals surface area contributed by atoms with Gasteiger partial charge in [0.1, 0.15) is 5.75 Å². The minimum Gasteiger partial charge on any atom is -0.506 e. The summed E-state index contributed by atoms with van der Waals surface area (Å²) in [5, 5.41) is 13.4. The highest BCUT2D eigenvalue weighted by molar-refractivity contribution is 14.1. The number of rotatable bonds is 2. The molecule has 2 N–H and O–H groups in total. The number of benzene rings is 2. The second-order valence-electron chi connectivity index (χ2n) is 6.58. The molecule has 0 fully saturated rings. The minimum atomic E-state index is -0.603. The Labute approximate surface area is 183 Å². The molecule has 2 aliphatic rings. The monoisotopic (exact) mass is 551 g/mol. The normalized spacial score (nSPS) is 18.0. The van der Waals surface area contributed by atoms with Gasteiger partial charge in [-0.2, -0.15) is 0 Å². The molecule has 2 aromatic carbocycles.